The smallest absolute Gasteiger partial charge is 0.0705 e. The molecule has 0 aliphatic carbocycles. The molecule has 1 N–H and O–H groups in total. The van der Waals surface area contributed by atoms with E-state index >= 15 is 0 Å². The molecule has 1 atom stereocenters. The Bertz CT molecular complexity index is 544. The number of halogens is 1. The zero-order chi connectivity index (χ0) is 12.4. The minimum absolute atomic E-state index is 0. The summed E-state index contributed by atoms with van der Waals surface area (Å²) < 4.78 is 0. The molecule has 1 aromatic carbocycles. The summed E-state index contributed by atoms with van der Waals surface area (Å²) in [5, 5.41) is 4.68. The molecule has 0 radical (unpaired) electrons. The molecule has 2 aromatic rings. The van der Waals surface area contributed by atoms with Crippen molar-refractivity contribution in [2.75, 3.05) is 19.6 Å². The molecule has 0 amide bonds. The van der Waals surface area contributed by atoms with Crippen molar-refractivity contribution in [3.63, 3.8) is 0 Å². The first-order valence-corrected chi connectivity index (χ1v) is 6.62. The summed E-state index contributed by atoms with van der Waals surface area (Å²) in [7, 11) is 0. The molecule has 4 heteroatoms. The van der Waals surface area contributed by atoms with Crippen LogP contribution in [-0.4, -0.2) is 35.6 Å². The van der Waals surface area contributed by atoms with Gasteiger partial charge in [0, 0.05) is 37.6 Å². The first kappa shape index (κ1) is 14.3. The Balaban J connectivity index is 0.00000133. The van der Waals surface area contributed by atoms with Crippen molar-refractivity contribution in [1.29, 1.82) is 0 Å². The number of hydrogen-bond donors (Lipinski definition) is 1. The number of rotatable bonds is 2. The molecular formula is C15H20ClN3. The van der Waals surface area contributed by atoms with Gasteiger partial charge in [0.15, 0.2) is 0 Å². The van der Waals surface area contributed by atoms with Crippen molar-refractivity contribution in [2.24, 2.45) is 0 Å². The highest BCUT2D eigenvalue weighted by molar-refractivity contribution is 5.85. The van der Waals surface area contributed by atoms with Crippen LogP contribution < -0.4 is 5.32 Å². The molecule has 0 unspecified atom stereocenters. The fourth-order valence-corrected chi connectivity index (χ4v) is 2.58. The lowest BCUT2D eigenvalue weighted by molar-refractivity contribution is 0.198. The van der Waals surface area contributed by atoms with E-state index in [-0.39, 0.29) is 12.4 Å². The van der Waals surface area contributed by atoms with Crippen molar-refractivity contribution < 1.29 is 0 Å². The van der Waals surface area contributed by atoms with Crippen LogP contribution in [0.5, 0.6) is 0 Å². The molecule has 19 heavy (non-hydrogen) atoms. The first-order chi connectivity index (χ1) is 8.81. The van der Waals surface area contributed by atoms with Crippen LogP contribution in [0.25, 0.3) is 10.9 Å². The lowest BCUT2D eigenvalue weighted by atomic mass is 10.2. The topological polar surface area (TPSA) is 28.2 Å². The van der Waals surface area contributed by atoms with Crippen LogP contribution in [0.4, 0.5) is 0 Å². The van der Waals surface area contributed by atoms with Gasteiger partial charge in [0.2, 0.25) is 0 Å². The number of pyridine rings is 1. The average Bonchev–Trinajstić information content (AvgIpc) is 2.39. The molecule has 3 nitrogen and oxygen atoms in total. The summed E-state index contributed by atoms with van der Waals surface area (Å²) in [5.74, 6) is 0. The molecule has 102 valence electrons. The molecule has 1 saturated heterocycles. The Morgan fingerprint density at radius 2 is 2.11 bits per heavy atom. The second-order valence-corrected chi connectivity index (χ2v) is 5.09. The van der Waals surface area contributed by atoms with Crippen molar-refractivity contribution in [2.45, 2.75) is 19.5 Å². The molecule has 2 heterocycles. The summed E-state index contributed by atoms with van der Waals surface area (Å²) in [6.07, 6.45) is 0. The van der Waals surface area contributed by atoms with Crippen LogP contribution in [0.2, 0.25) is 0 Å². The van der Waals surface area contributed by atoms with Gasteiger partial charge in [0.05, 0.1) is 11.2 Å². The van der Waals surface area contributed by atoms with E-state index in [1.807, 2.05) is 6.07 Å². The molecule has 1 aliphatic heterocycles. The van der Waals surface area contributed by atoms with Crippen LogP contribution in [0.1, 0.15) is 12.6 Å². The maximum absolute atomic E-state index is 4.73. The number of hydrogen-bond acceptors (Lipinski definition) is 3. The van der Waals surface area contributed by atoms with Gasteiger partial charge < -0.3 is 5.32 Å². The first-order valence-electron chi connectivity index (χ1n) is 6.62. The van der Waals surface area contributed by atoms with E-state index in [4.69, 9.17) is 4.98 Å². The molecule has 1 aliphatic rings. The summed E-state index contributed by atoms with van der Waals surface area (Å²) in [6, 6.07) is 13.2. The predicted molar refractivity (Wildman–Crippen MR) is 81.7 cm³/mol. The van der Waals surface area contributed by atoms with Gasteiger partial charge in [0.1, 0.15) is 0 Å². The van der Waals surface area contributed by atoms with E-state index in [0.717, 1.165) is 31.7 Å². The average molecular weight is 278 g/mol. The van der Waals surface area contributed by atoms with E-state index in [1.165, 1.54) is 11.1 Å². The van der Waals surface area contributed by atoms with Gasteiger partial charge >= 0.3 is 0 Å². The third-order valence-electron chi connectivity index (χ3n) is 3.49. The van der Waals surface area contributed by atoms with Crippen molar-refractivity contribution in [1.82, 2.24) is 15.2 Å². The van der Waals surface area contributed by atoms with Gasteiger partial charge in [-0.25, -0.2) is 0 Å². The minimum Gasteiger partial charge on any atom is -0.312 e. The number of nitrogens with one attached hydrogen (secondary N) is 1. The highest BCUT2D eigenvalue weighted by Gasteiger charge is 2.15. The lowest BCUT2D eigenvalue weighted by Crippen LogP contribution is -2.48. The Morgan fingerprint density at radius 1 is 1.26 bits per heavy atom. The summed E-state index contributed by atoms with van der Waals surface area (Å²) in [5.41, 5.74) is 2.26. The SMILES string of the molecule is C[C@H]1CN(Cc2ccc3ccccc3n2)CCN1.Cl. The highest BCUT2D eigenvalue weighted by Crippen LogP contribution is 2.13. The molecule has 0 spiro atoms. The fourth-order valence-electron chi connectivity index (χ4n) is 2.58. The Labute approximate surface area is 120 Å². The molecule has 1 fully saturated rings. The Kier molecular flexibility index (Phi) is 4.75. The quantitative estimate of drug-likeness (QED) is 0.914. The maximum atomic E-state index is 4.73. The van der Waals surface area contributed by atoms with E-state index < -0.39 is 0 Å². The van der Waals surface area contributed by atoms with E-state index in [0.29, 0.717) is 6.04 Å². The van der Waals surface area contributed by atoms with Crippen LogP contribution in [0.15, 0.2) is 36.4 Å². The number of nitrogens with zero attached hydrogens (tertiary/aromatic N) is 2. The van der Waals surface area contributed by atoms with Gasteiger partial charge in [-0.1, -0.05) is 24.3 Å². The molecule has 3 rings (SSSR count). The zero-order valence-electron chi connectivity index (χ0n) is 11.2. The minimum atomic E-state index is 0. The van der Waals surface area contributed by atoms with Crippen LogP contribution in [0.3, 0.4) is 0 Å². The largest absolute Gasteiger partial charge is 0.312 e. The predicted octanol–water partition coefficient (Wildman–Crippen LogP) is 2.45. The van der Waals surface area contributed by atoms with Gasteiger partial charge in [-0.3, -0.25) is 9.88 Å². The van der Waals surface area contributed by atoms with E-state index in [1.54, 1.807) is 0 Å². The van der Waals surface area contributed by atoms with Gasteiger partial charge in [-0.05, 0) is 19.1 Å². The molecule has 0 saturated carbocycles. The van der Waals surface area contributed by atoms with Crippen molar-refractivity contribution in [3.8, 4) is 0 Å². The van der Waals surface area contributed by atoms with Gasteiger partial charge in [0.25, 0.3) is 0 Å². The molecular weight excluding hydrogens is 258 g/mol. The molecule has 1 aromatic heterocycles. The third-order valence-corrected chi connectivity index (χ3v) is 3.49. The number of para-hydroxylation sites is 1. The monoisotopic (exact) mass is 277 g/mol. The van der Waals surface area contributed by atoms with Crippen LogP contribution in [0, 0.1) is 0 Å². The van der Waals surface area contributed by atoms with Gasteiger partial charge in [-0.15, -0.1) is 12.4 Å². The van der Waals surface area contributed by atoms with Crippen LogP contribution in [-0.2, 0) is 6.54 Å². The Hall–Kier alpha value is -1.16. The second-order valence-electron chi connectivity index (χ2n) is 5.09. The molecule has 0 bridgehead atoms. The second kappa shape index (κ2) is 6.33. The zero-order valence-corrected chi connectivity index (χ0v) is 12.0. The van der Waals surface area contributed by atoms with E-state index in [9.17, 15) is 0 Å². The van der Waals surface area contributed by atoms with Crippen molar-refractivity contribution >= 4 is 23.3 Å². The van der Waals surface area contributed by atoms with Gasteiger partial charge in [-0.2, -0.15) is 0 Å². The van der Waals surface area contributed by atoms with E-state index in [2.05, 4.69) is 47.5 Å². The standard InChI is InChI=1S/C15H19N3.ClH/c1-12-10-18(9-8-16-12)11-14-7-6-13-4-2-3-5-15(13)17-14;/h2-7,12,16H,8-11H2,1H3;1H/t12-;/m0./s1. The number of fused-ring (bicyclic) bond motifs is 1. The normalized spacial score (nSPS) is 20.2. The van der Waals surface area contributed by atoms with Crippen LogP contribution >= 0.6 is 12.4 Å². The van der Waals surface area contributed by atoms with Crippen molar-refractivity contribution in [3.05, 3.63) is 42.1 Å². The maximum Gasteiger partial charge on any atom is 0.0705 e. The fraction of sp³-hybridized carbons (Fsp3) is 0.400. The number of piperazine rings is 1. The Morgan fingerprint density at radius 3 is 2.95 bits per heavy atom. The number of benzene rings is 1. The highest BCUT2D eigenvalue weighted by atomic mass is 35.5. The third kappa shape index (κ3) is 3.44. The summed E-state index contributed by atoms with van der Waals surface area (Å²) in [4.78, 5) is 7.20. The summed E-state index contributed by atoms with van der Waals surface area (Å²) >= 11 is 0. The number of aromatic nitrogens is 1. The lowest BCUT2D eigenvalue weighted by Gasteiger charge is -2.31. The summed E-state index contributed by atoms with van der Waals surface area (Å²) in [6.45, 7) is 6.49.